The average molecular weight is 321 g/mol. The molecule has 0 radical (unpaired) electrons. The number of nitrogen functional groups attached to an aromatic ring is 1. The van der Waals surface area contributed by atoms with Gasteiger partial charge in [0.05, 0.1) is 11.4 Å². The van der Waals surface area contributed by atoms with Crippen LogP contribution in [0.4, 0.5) is 5.82 Å². The van der Waals surface area contributed by atoms with E-state index in [4.69, 9.17) is 17.3 Å². The summed E-state index contributed by atoms with van der Waals surface area (Å²) in [5, 5.41) is 10.1. The summed E-state index contributed by atoms with van der Waals surface area (Å²) in [4.78, 5) is 8.76. The fourth-order valence-corrected chi connectivity index (χ4v) is 2.75. The Hall–Kier alpha value is -2.90. The van der Waals surface area contributed by atoms with Crippen molar-refractivity contribution in [2.24, 2.45) is 0 Å². The molecule has 3 rings (SSSR count). The lowest BCUT2D eigenvalue weighted by Gasteiger charge is -2.14. The summed E-state index contributed by atoms with van der Waals surface area (Å²) in [6.07, 6.45) is 1.69. The Bertz CT molecular complexity index is 914. The molecule has 0 fully saturated rings. The fourth-order valence-electron chi connectivity index (χ4n) is 2.56. The Morgan fingerprint density at radius 2 is 2.00 bits per heavy atom. The second-order valence-electron chi connectivity index (χ2n) is 5.06. The Kier molecular flexibility index (Phi) is 3.96. The molecule has 0 aliphatic carbocycles. The highest BCUT2D eigenvalue weighted by Crippen LogP contribution is 2.35. The van der Waals surface area contributed by atoms with Gasteiger partial charge in [-0.2, -0.15) is 5.26 Å². The zero-order valence-electron chi connectivity index (χ0n) is 12.4. The molecule has 0 saturated heterocycles. The maximum absolute atomic E-state index is 9.47. The normalized spacial score (nSPS) is 10.3. The number of hydrogen-bond donors (Lipinski definition) is 1. The van der Waals surface area contributed by atoms with Gasteiger partial charge in [0, 0.05) is 22.3 Å². The van der Waals surface area contributed by atoms with Crippen LogP contribution in [-0.2, 0) is 0 Å². The van der Waals surface area contributed by atoms with Gasteiger partial charge in [-0.05, 0) is 36.8 Å². The van der Waals surface area contributed by atoms with Crippen LogP contribution in [0.1, 0.15) is 11.1 Å². The number of halogens is 1. The molecular weight excluding hydrogens is 308 g/mol. The summed E-state index contributed by atoms with van der Waals surface area (Å²) in [7, 11) is 0. The number of nitriles is 1. The van der Waals surface area contributed by atoms with Gasteiger partial charge < -0.3 is 5.73 Å². The quantitative estimate of drug-likeness (QED) is 0.766. The number of pyridine rings is 2. The van der Waals surface area contributed by atoms with Crippen LogP contribution in [0.3, 0.4) is 0 Å². The second kappa shape index (κ2) is 6.07. The van der Waals surface area contributed by atoms with Crippen molar-refractivity contribution < 1.29 is 0 Å². The topological polar surface area (TPSA) is 75.6 Å². The van der Waals surface area contributed by atoms with Crippen LogP contribution in [-0.4, -0.2) is 9.97 Å². The van der Waals surface area contributed by atoms with Gasteiger partial charge >= 0.3 is 0 Å². The Balaban J connectivity index is 2.33. The monoisotopic (exact) mass is 320 g/mol. The number of anilines is 1. The molecule has 5 heteroatoms. The van der Waals surface area contributed by atoms with E-state index in [1.165, 1.54) is 0 Å². The highest BCUT2D eigenvalue weighted by atomic mass is 35.5. The van der Waals surface area contributed by atoms with E-state index in [0.29, 0.717) is 27.5 Å². The SMILES string of the molecule is Cc1c(-c2cccc(Cl)c2)nc(N)c(C#N)c1-c1ccccn1. The highest BCUT2D eigenvalue weighted by molar-refractivity contribution is 6.30. The van der Waals surface area contributed by atoms with Crippen molar-refractivity contribution in [3.05, 3.63) is 64.8 Å². The van der Waals surface area contributed by atoms with Crippen LogP contribution in [0.5, 0.6) is 0 Å². The smallest absolute Gasteiger partial charge is 0.142 e. The third kappa shape index (κ3) is 2.75. The second-order valence-corrected chi connectivity index (χ2v) is 5.49. The summed E-state index contributed by atoms with van der Waals surface area (Å²) in [6, 6.07) is 15.1. The van der Waals surface area contributed by atoms with Gasteiger partial charge in [-0.3, -0.25) is 4.98 Å². The first kappa shape index (κ1) is 15.0. The molecule has 0 bridgehead atoms. The van der Waals surface area contributed by atoms with Gasteiger partial charge in [0.25, 0.3) is 0 Å². The third-order valence-electron chi connectivity index (χ3n) is 3.60. The van der Waals surface area contributed by atoms with Crippen molar-refractivity contribution in [1.29, 1.82) is 5.26 Å². The lowest BCUT2D eigenvalue weighted by Crippen LogP contribution is -2.03. The van der Waals surface area contributed by atoms with Crippen molar-refractivity contribution in [2.45, 2.75) is 6.92 Å². The Morgan fingerprint density at radius 3 is 2.65 bits per heavy atom. The lowest BCUT2D eigenvalue weighted by atomic mass is 9.95. The fraction of sp³-hybridized carbons (Fsp3) is 0.0556. The molecule has 2 N–H and O–H groups in total. The number of hydrogen-bond acceptors (Lipinski definition) is 4. The average Bonchev–Trinajstić information content (AvgIpc) is 2.57. The number of rotatable bonds is 2. The van der Waals surface area contributed by atoms with Gasteiger partial charge in [-0.15, -0.1) is 0 Å². The summed E-state index contributed by atoms with van der Waals surface area (Å²) in [5.41, 5.74) is 10.2. The summed E-state index contributed by atoms with van der Waals surface area (Å²) >= 11 is 6.08. The minimum atomic E-state index is 0.189. The number of nitrogens with zero attached hydrogens (tertiary/aromatic N) is 3. The molecule has 1 aromatic carbocycles. The molecule has 2 heterocycles. The van der Waals surface area contributed by atoms with Crippen LogP contribution >= 0.6 is 11.6 Å². The third-order valence-corrected chi connectivity index (χ3v) is 3.83. The van der Waals surface area contributed by atoms with Gasteiger partial charge in [-0.25, -0.2) is 4.98 Å². The summed E-state index contributed by atoms with van der Waals surface area (Å²) in [5.74, 6) is 0.189. The zero-order valence-corrected chi connectivity index (χ0v) is 13.2. The minimum absolute atomic E-state index is 0.189. The first-order chi connectivity index (χ1) is 11.1. The highest BCUT2D eigenvalue weighted by Gasteiger charge is 2.18. The van der Waals surface area contributed by atoms with Crippen LogP contribution in [0.25, 0.3) is 22.5 Å². The van der Waals surface area contributed by atoms with Gasteiger partial charge in [-0.1, -0.05) is 29.8 Å². The molecule has 0 atom stereocenters. The molecule has 3 aromatic rings. The molecule has 0 aliphatic rings. The van der Waals surface area contributed by atoms with Crippen molar-refractivity contribution in [3.8, 4) is 28.6 Å². The van der Waals surface area contributed by atoms with E-state index in [0.717, 1.165) is 11.1 Å². The molecule has 2 aromatic heterocycles. The van der Waals surface area contributed by atoms with Crippen molar-refractivity contribution in [3.63, 3.8) is 0 Å². The van der Waals surface area contributed by atoms with Crippen LogP contribution in [0.2, 0.25) is 5.02 Å². The molecule has 0 spiro atoms. The van der Waals surface area contributed by atoms with Crippen LogP contribution < -0.4 is 5.73 Å². The first-order valence-electron chi connectivity index (χ1n) is 6.99. The molecule has 4 nitrogen and oxygen atoms in total. The lowest BCUT2D eigenvalue weighted by molar-refractivity contribution is 1.23. The number of aromatic nitrogens is 2. The molecule has 0 aliphatic heterocycles. The van der Waals surface area contributed by atoms with Crippen LogP contribution in [0.15, 0.2) is 48.7 Å². The van der Waals surface area contributed by atoms with E-state index >= 15 is 0 Å². The standard InChI is InChI=1S/C18H13ClN4/c1-11-16(15-7-2-3-8-22-15)14(10-20)18(21)23-17(11)12-5-4-6-13(19)9-12/h2-9H,1H3,(H2,21,23). The van der Waals surface area contributed by atoms with E-state index in [2.05, 4.69) is 16.0 Å². The molecule has 0 amide bonds. The Labute approximate surface area is 139 Å². The number of benzene rings is 1. The minimum Gasteiger partial charge on any atom is -0.383 e. The van der Waals surface area contributed by atoms with Crippen LogP contribution in [0, 0.1) is 18.3 Å². The van der Waals surface area contributed by atoms with E-state index in [9.17, 15) is 5.26 Å². The maximum Gasteiger partial charge on any atom is 0.142 e. The molecule has 112 valence electrons. The van der Waals surface area contributed by atoms with Crippen molar-refractivity contribution in [1.82, 2.24) is 9.97 Å². The first-order valence-corrected chi connectivity index (χ1v) is 7.37. The van der Waals surface area contributed by atoms with E-state index < -0.39 is 0 Å². The number of nitrogens with two attached hydrogens (primary N) is 1. The molecular formula is C18H13ClN4. The van der Waals surface area contributed by atoms with E-state index in [-0.39, 0.29) is 5.82 Å². The molecule has 23 heavy (non-hydrogen) atoms. The predicted molar refractivity (Wildman–Crippen MR) is 91.8 cm³/mol. The summed E-state index contributed by atoms with van der Waals surface area (Å²) in [6.45, 7) is 1.91. The largest absolute Gasteiger partial charge is 0.383 e. The Morgan fingerprint density at radius 1 is 1.17 bits per heavy atom. The van der Waals surface area contributed by atoms with Gasteiger partial charge in [0.1, 0.15) is 17.5 Å². The van der Waals surface area contributed by atoms with Crippen molar-refractivity contribution >= 4 is 17.4 Å². The van der Waals surface area contributed by atoms with E-state index in [1.807, 2.05) is 43.3 Å². The van der Waals surface area contributed by atoms with Crippen molar-refractivity contribution in [2.75, 3.05) is 5.73 Å². The van der Waals surface area contributed by atoms with E-state index in [1.54, 1.807) is 12.3 Å². The maximum atomic E-state index is 9.47. The van der Waals surface area contributed by atoms with Gasteiger partial charge in [0.2, 0.25) is 0 Å². The zero-order chi connectivity index (χ0) is 16.4. The summed E-state index contributed by atoms with van der Waals surface area (Å²) < 4.78 is 0. The molecule has 0 saturated carbocycles. The molecule has 0 unspecified atom stereocenters. The predicted octanol–water partition coefficient (Wildman–Crippen LogP) is 4.23. The van der Waals surface area contributed by atoms with Gasteiger partial charge in [0.15, 0.2) is 0 Å².